The Balaban J connectivity index is 2.62. The molecule has 0 spiro atoms. The Labute approximate surface area is 100 Å². The zero-order chi connectivity index (χ0) is 12.3. The Morgan fingerprint density at radius 1 is 1.62 bits per heavy atom. The second kappa shape index (κ2) is 5.41. The zero-order valence-electron chi connectivity index (χ0n) is 10.2. The van der Waals surface area contributed by atoms with E-state index < -0.39 is 0 Å². The molecule has 5 heteroatoms. The van der Waals surface area contributed by atoms with Gasteiger partial charge in [-0.05, 0) is 13.8 Å². The molecule has 0 aliphatic heterocycles. The summed E-state index contributed by atoms with van der Waals surface area (Å²) in [6.45, 7) is 6.29. The summed E-state index contributed by atoms with van der Waals surface area (Å²) in [5.41, 5.74) is 8.52. The summed E-state index contributed by atoms with van der Waals surface area (Å²) in [6.07, 6.45) is 0. The van der Waals surface area contributed by atoms with E-state index in [2.05, 4.69) is 4.98 Å². The van der Waals surface area contributed by atoms with Crippen LogP contribution in [0, 0.1) is 12.8 Å². The molecule has 0 saturated heterocycles. The van der Waals surface area contributed by atoms with Gasteiger partial charge in [0.05, 0.1) is 23.7 Å². The highest BCUT2D eigenvalue weighted by Gasteiger charge is 2.21. The van der Waals surface area contributed by atoms with Crippen LogP contribution in [-0.4, -0.2) is 28.9 Å². The number of aryl methyl sites for hydroxylation is 1. The molecule has 1 aromatic rings. The minimum Gasteiger partial charge on any atom is -0.340 e. The molecule has 0 aliphatic carbocycles. The second-order valence-electron chi connectivity index (χ2n) is 4.20. The Kier molecular flexibility index (Phi) is 4.44. The molecule has 90 valence electrons. The molecule has 1 amide bonds. The molecule has 16 heavy (non-hydrogen) atoms. The number of nitrogens with zero attached hydrogens (tertiary/aromatic N) is 2. The quantitative estimate of drug-likeness (QED) is 0.866. The normalized spacial score (nSPS) is 14.6. The fourth-order valence-corrected chi connectivity index (χ4v) is 2.17. The third kappa shape index (κ3) is 3.02. The molecule has 2 unspecified atom stereocenters. The highest BCUT2D eigenvalue weighted by molar-refractivity contribution is 7.09. The van der Waals surface area contributed by atoms with E-state index in [1.165, 1.54) is 0 Å². The summed E-state index contributed by atoms with van der Waals surface area (Å²) < 4.78 is 0. The molecule has 2 N–H and O–H groups in total. The average Bonchev–Trinajstić information content (AvgIpc) is 2.62. The number of carbonyl (C=O) groups is 1. The van der Waals surface area contributed by atoms with Crippen molar-refractivity contribution in [2.45, 2.75) is 33.4 Å². The molecule has 1 heterocycles. The number of amides is 1. The molecule has 0 bridgehead atoms. The molecule has 0 aromatic carbocycles. The molecule has 2 atom stereocenters. The third-order valence-electron chi connectivity index (χ3n) is 2.78. The molecule has 0 fully saturated rings. The van der Waals surface area contributed by atoms with Gasteiger partial charge in [0.15, 0.2) is 0 Å². The van der Waals surface area contributed by atoms with E-state index in [9.17, 15) is 4.79 Å². The molecular weight excluding hydrogens is 222 g/mol. The minimum atomic E-state index is -0.141. The van der Waals surface area contributed by atoms with E-state index in [0.717, 1.165) is 10.6 Å². The van der Waals surface area contributed by atoms with Crippen molar-refractivity contribution in [2.24, 2.45) is 11.7 Å². The molecular formula is C11H19N3OS. The largest absolute Gasteiger partial charge is 0.340 e. The van der Waals surface area contributed by atoms with Crippen LogP contribution < -0.4 is 5.73 Å². The van der Waals surface area contributed by atoms with E-state index in [1.807, 2.05) is 20.8 Å². The van der Waals surface area contributed by atoms with Crippen LogP contribution in [0.25, 0.3) is 0 Å². The lowest BCUT2D eigenvalue weighted by molar-refractivity contribution is -0.134. The first-order valence-electron chi connectivity index (χ1n) is 5.33. The van der Waals surface area contributed by atoms with E-state index in [4.69, 9.17) is 5.73 Å². The number of aromatic nitrogens is 1. The highest BCUT2D eigenvalue weighted by atomic mass is 32.1. The smallest absolute Gasteiger partial charge is 0.227 e. The first kappa shape index (κ1) is 13.1. The van der Waals surface area contributed by atoms with Gasteiger partial charge < -0.3 is 10.6 Å². The van der Waals surface area contributed by atoms with Crippen LogP contribution in [0.15, 0.2) is 5.51 Å². The average molecular weight is 241 g/mol. The standard InChI is InChI=1S/C11H19N3OS/c1-7(8(2)12)11(15)14(4)5-10-9(3)13-6-16-10/h6-8H,5,12H2,1-4H3. The fourth-order valence-electron chi connectivity index (χ4n) is 1.34. The van der Waals surface area contributed by atoms with Gasteiger partial charge in [-0.25, -0.2) is 4.98 Å². The monoisotopic (exact) mass is 241 g/mol. The second-order valence-corrected chi connectivity index (χ2v) is 5.14. The van der Waals surface area contributed by atoms with Crippen molar-refractivity contribution in [3.63, 3.8) is 0 Å². The number of thiazole rings is 1. The van der Waals surface area contributed by atoms with Gasteiger partial charge in [-0.3, -0.25) is 4.79 Å². The van der Waals surface area contributed by atoms with Crippen LogP contribution in [-0.2, 0) is 11.3 Å². The lowest BCUT2D eigenvalue weighted by atomic mass is 10.0. The number of carbonyl (C=O) groups excluding carboxylic acids is 1. The maximum Gasteiger partial charge on any atom is 0.227 e. The SMILES string of the molecule is Cc1ncsc1CN(C)C(=O)C(C)C(C)N. The first-order valence-corrected chi connectivity index (χ1v) is 6.21. The summed E-state index contributed by atoms with van der Waals surface area (Å²) in [5, 5.41) is 0. The molecule has 4 nitrogen and oxygen atoms in total. The van der Waals surface area contributed by atoms with Gasteiger partial charge in [0.1, 0.15) is 0 Å². The highest BCUT2D eigenvalue weighted by Crippen LogP contribution is 2.15. The van der Waals surface area contributed by atoms with E-state index >= 15 is 0 Å². The first-order chi connectivity index (χ1) is 7.43. The third-order valence-corrected chi connectivity index (χ3v) is 3.70. The number of hydrogen-bond donors (Lipinski definition) is 1. The fraction of sp³-hybridized carbons (Fsp3) is 0.636. The van der Waals surface area contributed by atoms with Gasteiger partial charge in [-0.1, -0.05) is 6.92 Å². The lowest BCUT2D eigenvalue weighted by Gasteiger charge is -2.23. The Hall–Kier alpha value is -0.940. The molecule has 0 aliphatic rings. The van der Waals surface area contributed by atoms with Crippen LogP contribution in [0.3, 0.4) is 0 Å². The number of hydrogen-bond acceptors (Lipinski definition) is 4. The topological polar surface area (TPSA) is 59.2 Å². The predicted octanol–water partition coefficient (Wildman–Crippen LogP) is 1.39. The van der Waals surface area contributed by atoms with Crippen molar-refractivity contribution < 1.29 is 4.79 Å². The van der Waals surface area contributed by atoms with Crippen LogP contribution in [0.2, 0.25) is 0 Å². The van der Waals surface area contributed by atoms with Crippen molar-refractivity contribution in [2.75, 3.05) is 7.05 Å². The Bertz CT molecular complexity index is 362. The van der Waals surface area contributed by atoms with Crippen LogP contribution in [0.1, 0.15) is 24.4 Å². The molecule has 1 rings (SSSR count). The molecule has 0 radical (unpaired) electrons. The van der Waals surface area contributed by atoms with Crippen molar-refractivity contribution in [3.8, 4) is 0 Å². The van der Waals surface area contributed by atoms with Gasteiger partial charge in [0.2, 0.25) is 5.91 Å². The minimum absolute atomic E-state index is 0.0859. The molecule has 1 aromatic heterocycles. The summed E-state index contributed by atoms with van der Waals surface area (Å²) in [5.74, 6) is -0.0546. The van der Waals surface area contributed by atoms with Crippen molar-refractivity contribution in [1.82, 2.24) is 9.88 Å². The lowest BCUT2D eigenvalue weighted by Crippen LogP contribution is -2.39. The molecule has 0 saturated carbocycles. The summed E-state index contributed by atoms with van der Waals surface area (Å²) in [6, 6.07) is -0.113. The van der Waals surface area contributed by atoms with Crippen LogP contribution in [0.4, 0.5) is 0 Å². The van der Waals surface area contributed by atoms with Crippen LogP contribution >= 0.6 is 11.3 Å². The maximum atomic E-state index is 12.0. The Morgan fingerprint density at radius 3 is 2.69 bits per heavy atom. The zero-order valence-corrected chi connectivity index (χ0v) is 11.0. The van der Waals surface area contributed by atoms with Crippen molar-refractivity contribution >= 4 is 17.2 Å². The van der Waals surface area contributed by atoms with Gasteiger partial charge in [0, 0.05) is 18.0 Å². The van der Waals surface area contributed by atoms with Crippen molar-refractivity contribution in [1.29, 1.82) is 0 Å². The number of nitrogens with two attached hydrogens (primary N) is 1. The number of rotatable bonds is 4. The maximum absolute atomic E-state index is 12.0. The van der Waals surface area contributed by atoms with E-state index in [-0.39, 0.29) is 17.9 Å². The van der Waals surface area contributed by atoms with Gasteiger partial charge in [-0.15, -0.1) is 11.3 Å². The summed E-state index contributed by atoms with van der Waals surface area (Å²) in [4.78, 5) is 19.0. The summed E-state index contributed by atoms with van der Waals surface area (Å²) in [7, 11) is 1.81. The van der Waals surface area contributed by atoms with Gasteiger partial charge in [-0.2, -0.15) is 0 Å². The summed E-state index contributed by atoms with van der Waals surface area (Å²) >= 11 is 1.58. The van der Waals surface area contributed by atoms with E-state index in [1.54, 1.807) is 28.8 Å². The van der Waals surface area contributed by atoms with Crippen LogP contribution in [0.5, 0.6) is 0 Å². The van der Waals surface area contributed by atoms with E-state index in [0.29, 0.717) is 6.54 Å². The van der Waals surface area contributed by atoms with Gasteiger partial charge in [0.25, 0.3) is 0 Å². The Morgan fingerprint density at radius 2 is 2.25 bits per heavy atom. The van der Waals surface area contributed by atoms with Gasteiger partial charge >= 0.3 is 0 Å². The predicted molar refractivity (Wildman–Crippen MR) is 66.1 cm³/mol. The van der Waals surface area contributed by atoms with Crippen molar-refractivity contribution in [3.05, 3.63) is 16.1 Å².